The molecule has 2 rings (SSSR count). The number of aromatic nitrogens is 3. The molecule has 0 aliphatic carbocycles. The van der Waals surface area contributed by atoms with E-state index in [1.54, 1.807) is 25.3 Å². The van der Waals surface area contributed by atoms with Crippen LogP contribution in [0.25, 0.3) is 11.0 Å². The van der Waals surface area contributed by atoms with Crippen molar-refractivity contribution in [3.8, 4) is 0 Å². The minimum atomic E-state index is -0.370. The average Bonchev–Trinajstić information content (AvgIpc) is 2.61. The fraction of sp³-hybridized carbons (Fsp3) is 0.222. The molecule has 0 atom stereocenters. The highest BCUT2D eigenvalue weighted by Gasteiger charge is 2.10. The lowest BCUT2D eigenvalue weighted by Crippen LogP contribution is -2.04. The van der Waals surface area contributed by atoms with Crippen molar-refractivity contribution in [2.75, 3.05) is 6.61 Å². The number of hydrogen-bond donors (Lipinski definition) is 1. The van der Waals surface area contributed by atoms with Gasteiger partial charge in [0, 0.05) is 0 Å². The monoisotopic (exact) mass is 191 g/mol. The van der Waals surface area contributed by atoms with E-state index in [1.807, 2.05) is 0 Å². The smallest absolute Gasteiger partial charge is 0.354 e. The zero-order valence-electron chi connectivity index (χ0n) is 7.65. The van der Waals surface area contributed by atoms with E-state index in [0.717, 1.165) is 5.52 Å². The number of hydrogen-bond acceptors (Lipinski definition) is 4. The third-order valence-electron chi connectivity index (χ3n) is 1.80. The summed E-state index contributed by atoms with van der Waals surface area (Å²) < 4.78 is 4.84. The Labute approximate surface area is 80.1 Å². The molecule has 14 heavy (non-hydrogen) atoms. The summed E-state index contributed by atoms with van der Waals surface area (Å²) in [6.45, 7) is 2.13. The predicted molar refractivity (Wildman–Crippen MR) is 49.8 cm³/mol. The van der Waals surface area contributed by atoms with Gasteiger partial charge in [-0.2, -0.15) is 5.10 Å². The van der Waals surface area contributed by atoms with Gasteiger partial charge in [-0.15, -0.1) is 5.10 Å². The maximum Gasteiger partial charge on any atom is 0.354 e. The van der Waals surface area contributed by atoms with Crippen LogP contribution in [0, 0.1) is 0 Å². The predicted octanol–water partition coefficient (Wildman–Crippen LogP) is 1.13. The molecule has 2 heterocycles. The lowest BCUT2D eigenvalue weighted by molar-refractivity contribution is 0.0520. The topological polar surface area (TPSA) is 67.9 Å². The van der Waals surface area contributed by atoms with Crippen LogP contribution in [0.4, 0.5) is 0 Å². The molecule has 0 saturated heterocycles. The van der Waals surface area contributed by atoms with Crippen molar-refractivity contribution in [2.45, 2.75) is 6.92 Å². The van der Waals surface area contributed by atoms with E-state index in [9.17, 15) is 4.79 Å². The molecule has 1 N–H and O–H groups in total. The number of aromatic amines is 1. The second-order valence-corrected chi connectivity index (χ2v) is 2.73. The molecular weight excluding hydrogens is 182 g/mol. The van der Waals surface area contributed by atoms with Crippen molar-refractivity contribution < 1.29 is 9.53 Å². The molecule has 5 heteroatoms. The maximum absolute atomic E-state index is 11.3. The molecule has 5 nitrogen and oxygen atoms in total. The van der Waals surface area contributed by atoms with Gasteiger partial charge in [0.15, 0.2) is 0 Å². The normalized spacial score (nSPS) is 10.4. The number of rotatable bonds is 2. The van der Waals surface area contributed by atoms with Crippen molar-refractivity contribution in [2.24, 2.45) is 0 Å². The number of carbonyl (C=O) groups excluding carboxylic acids is 1. The van der Waals surface area contributed by atoms with E-state index in [4.69, 9.17) is 4.74 Å². The van der Waals surface area contributed by atoms with Gasteiger partial charge >= 0.3 is 5.97 Å². The zero-order chi connectivity index (χ0) is 9.97. The van der Waals surface area contributed by atoms with Crippen molar-refractivity contribution >= 4 is 17.0 Å². The first-order chi connectivity index (χ1) is 6.81. The third kappa shape index (κ3) is 1.44. The highest BCUT2D eigenvalue weighted by atomic mass is 16.5. The van der Waals surface area contributed by atoms with Gasteiger partial charge in [-0.05, 0) is 19.1 Å². The second kappa shape index (κ2) is 3.45. The summed E-state index contributed by atoms with van der Waals surface area (Å²) in [6, 6.07) is 3.38. The standard InChI is InChI=1S/C9H9N3O2/c1-2-14-9(13)8-5-7-6(11-8)3-4-10-12-7/h3-5,11H,2H2,1H3. The first-order valence-corrected chi connectivity index (χ1v) is 4.29. The van der Waals surface area contributed by atoms with E-state index >= 15 is 0 Å². The quantitative estimate of drug-likeness (QED) is 0.722. The van der Waals surface area contributed by atoms with Gasteiger partial charge in [-0.1, -0.05) is 0 Å². The number of ether oxygens (including phenoxy) is 1. The number of fused-ring (bicyclic) bond motifs is 1. The van der Waals surface area contributed by atoms with Gasteiger partial charge in [0.2, 0.25) is 0 Å². The number of nitrogens with one attached hydrogen (secondary N) is 1. The van der Waals surface area contributed by atoms with Crippen LogP contribution in [0.1, 0.15) is 17.4 Å². The first kappa shape index (κ1) is 8.68. The van der Waals surface area contributed by atoms with Crippen LogP contribution >= 0.6 is 0 Å². The summed E-state index contributed by atoms with van der Waals surface area (Å²) in [6.07, 6.45) is 1.56. The van der Waals surface area contributed by atoms with Gasteiger partial charge in [-0.3, -0.25) is 0 Å². The molecule has 72 valence electrons. The summed E-state index contributed by atoms with van der Waals surface area (Å²) in [5.74, 6) is -0.370. The largest absolute Gasteiger partial charge is 0.461 e. The minimum absolute atomic E-state index is 0.361. The minimum Gasteiger partial charge on any atom is -0.461 e. The highest BCUT2D eigenvalue weighted by molar-refractivity contribution is 5.93. The summed E-state index contributed by atoms with van der Waals surface area (Å²) in [7, 11) is 0. The molecule has 0 unspecified atom stereocenters. The van der Waals surface area contributed by atoms with E-state index in [2.05, 4.69) is 15.2 Å². The molecule has 0 fully saturated rings. The Bertz CT molecular complexity index is 431. The first-order valence-electron chi connectivity index (χ1n) is 4.29. The van der Waals surface area contributed by atoms with E-state index in [0.29, 0.717) is 17.8 Å². The van der Waals surface area contributed by atoms with Crippen LogP contribution in [0.15, 0.2) is 18.3 Å². The number of nitrogens with zero attached hydrogens (tertiary/aromatic N) is 2. The molecule has 0 bridgehead atoms. The Balaban J connectivity index is 2.40. The van der Waals surface area contributed by atoms with Crippen molar-refractivity contribution in [3.63, 3.8) is 0 Å². The van der Waals surface area contributed by atoms with Crippen molar-refractivity contribution in [3.05, 3.63) is 24.0 Å². The van der Waals surface area contributed by atoms with Gasteiger partial charge in [0.25, 0.3) is 0 Å². The third-order valence-corrected chi connectivity index (χ3v) is 1.80. The van der Waals surface area contributed by atoms with E-state index in [1.165, 1.54) is 0 Å². The molecule has 0 saturated carbocycles. The summed E-state index contributed by atoms with van der Waals surface area (Å²) in [4.78, 5) is 14.2. The number of H-pyrrole nitrogens is 1. The van der Waals surface area contributed by atoms with Crippen LogP contribution < -0.4 is 0 Å². The van der Waals surface area contributed by atoms with Gasteiger partial charge < -0.3 is 9.72 Å². The Morgan fingerprint density at radius 2 is 2.50 bits per heavy atom. The molecule has 0 aliphatic heterocycles. The fourth-order valence-electron chi connectivity index (χ4n) is 1.19. The molecule has 0 aliphatic rings. The van der Waals surface area contributed by atoms with Gasteiger partial charge in [0.05, 0.1) is 18.3 Å². The molecular formula is C9H9N3O2. The van der Waals surface area contributed by atoms with Crippen molar-refractivity contribution in [1.82, 2.24) is 15.2 Å². The molecule has 0 radical (unpaired) electrons. The van der Waals surface area contributed by atoms with Gasteiger partial charge in [-0.25, -0.2) is 4.79 Å². The molecule has 2 aromatic rings. The lowest BCUT2D eigenvalue weighted by Gasteiger charge is -1.96. The number of carbonyl (C=O) groups is 1. The zero-order valence-corrected chi connectivity index (χ0v) is 7.65. The lowest BCUT2D eigenvalue weighted by atomic mass is 10.4. The molecule has 0 amide bonds. The number of esters is 1. The van der Waals surface area contributed by atoms with E-state index < -0.39 is 0 Å². The molecule has 0 spiro atoms. The SMILES string of the molecule is CCOC(=O)c1cc2nnccc2[nH]1. The van der Waals surface area contributed by atoms with Crippen molar-refractivity contribution in [1.29, 1.82) is 0 Å². The van der Waals surface area contributed by atoms with E-state index in [-0.39, 0.29) is 5.97 Å². The maximum atomic E-state index is 11.3. The van der Waals surface area contributed by atoms with Crippen LogP contribution in [-0.2, 0) is 4.74 Å². The summed E-state index contributed by atoms with van der Waals surface area (Å²) in [5, 5.41) is 7.56. The Kier molecular flexibility index (Phi) is 2.14. The summed E-state index contributed by atoms with van der Waals surface area (Å²) in [5.41, 5.74) is 1.85. The van der Waals surface area contributed by atoms with Crippen LogP contribution in [0.2, 0.25) is 0 Å². The average molecular weight is 191 g/mol. The molecule has 2 aromatic heterocycles. The van der Waals surface area contributed by atoms with Crippen LogP contribution in [-0.4, -0.2) is 27.8 Å². The Hall–Kier alpha value is -1.91. The fourth-order valence-corrected chi connectivity index (χ4v) is 1.19. The summed E-state index contributed by atoms with van der Waals surface area (Å²) >= 11 is 0. The van der Waals surface area contributed by atoms with Crippen LogP contribution in [0.5, 0.6) is 0 Å². The van der Waals surface area contributed by atoms with Gasteiger partial charge in [0.1, 0.15) is 11.2 Å². The Morgan fingerprint density at radius 1 is 1.64 bits per heavy atom. The highest BCUT2D eigenvalue weighted by Crippen LogP contribution is 2.11. The van der Waals surface area contributed by atoms with Crippen LogP contribution in [0.3, 0.4) is 0 Å². The molecule has 0 aromatic carbocycles. The second-order valence-electron chi connectivity index (χ2n) is 2.73. The Morgan fingerprint density at radius 3 is 3.21 bits per heavy atom.